The van der Waals surface area contributed by atoms with Gasteiger partial charge in [0.2, 0.25) is 0 Å². The lowest BCUT2D eigenvalue weighted by Crippen LogP contribution is -2.29. The van der Waals surface area contributed by atoms with Gasteiger partial charge in [0.1, 0.15) is 5.02 Å². The van der Waals surface area contributed by atoms with Crippen molar-refractivity contribution in [3.05, 3.63) is 11.2 Å². The molecule has 0 atom stereocenters. The Balaban J connectivity index is 2.47. The molecule has 1 rings (SSSR count). The van der Waals surface area contributed by atoms with E-state index in [0.717, 1.165) is 32.6 Å². The summed E-state index contributed by atoms with van der Waals surface area (Å²) < 4.78 is 4.97. The number of likely N-dealkylation sites (N-methyl/N-ethyl adjacent to an activating group) is 1. The summed E-state index contributed by atoms with van der Waals surface area (Å²) in [4.78, 5) is 10.5. The largest absolute Gasteiger partial charge is 0.467 e. The summed E-state index contributed by atoms with van der Waals surface area (Å²) in [5.41, 5.74) is 0. The molecule has 0 spiro atoms. The summed E-state index contributed by atoms with van der Waals surface area (Å²) in [5, 5.41) is 3.71. The molecule has 0 radical (unpaired) electrons. The number of nitrogens with zero attached hydrogens (tertiary/aromatic N) is 3. The van der Waals surface area contributed by atoms with Crippen LogP contribution in [0.1, 0.15) is 20.3 Å². The molecule has 0 aliphatic heterocycles. The van der Waals surface area contributed by atoms with Crippen LogP contribution in [0, 0.1) is 0 Å². The molecule has 0 unspecified atom stereocenters. The van der Waals surface area contributed by atoms with E-state index in [2.05, 4.69) is 34.0 Å². The fourth-order valence-corrected chi connectivity index (χ4v) is 1.81. The van der Waals surface area contributed by atoms with Gasteiger partial charge in [-0.25, -0.2) is 4.98 Å². The Kier molecular flexibility index (Phi) is 6.75. The first-order valence-corrected chi connectivity index (χ1v) is 6.61. The highest BCUT2D eigenvalue weighted by molar-refractivity contribution is 6.32. The average molecular weight is 273 g/mol. The van der Waals surface area contributed by atoms with Gasteiger partial charge in [-0.1, -0.05) is 25.4 Å². The lowest BCUT2D eigenvalue weighted by molar-refractivity contribution is 0.300. The molecule has 0 aliphatic carbocycles. The van der Waals surface area contributed by atoms with E-state index in [-0.39, 0.29) is 0 Å². The monoisotopic (exact) mass is 272 g/mol. The number of methoxy groups -OCH3 is 1. The summed E-state index contributed by atoms with van der Waals surface area (Å²) in [6.07, 6.45) is 2.70. The number of aromatic nitrogens is 2. The highest BCUT2D eigenvalue weighted by Gasteiger charge is 2.06. The molecule has 0 aromatic carbocycles. The second kappa shape index (κ2) is 8.11. The van der Waals surface area contributed by atoms with E-state index in [1.54, 1.807) is 6.20 Å². The van der Waals surface area contributed by atoms with Crippen LogP contribution in [0.4, 0.5) is 5.82 Å². The maximum absolute atomic E-state index is 6.01. The minimum absolute atomic E-state index is 0.322. The van der Waals surface area contributed by atoms with E-state index < -0.39 is 0 Å². The topological polar surface area (TPSA) is 50.3 Å². The van der Waals surface area contributed by atoms with Crippen molar-refractivity contribution in [1.29, 1.82) is 0 Å². The van der Waals surface area contributed by atoms with E-state index >= 15 is 0 Å². The summed E-state index contributed by atoms with van der Waals surface area (Å²) in [6, 6.07) is 0.322. The molecule has 0 amide bonds. The van der Waals surface area contributed by atoms with Crippen LogP contribution in [0.15, 0.2) is 6.20 Å². The maximum Gasteiger partial charge on any atom is 0.318 e. The molecule has 6 heteroatoms. The number of halogens is 1. The van der Waals surface area contributed by atoms with Crippen LogP contribution in [0.3, 0.4) is 0 Å². The SMILES string of the molecule is CCCN(CC)CCNc1nc(OC)ncc1Cl. The fraction of sp³-hybridized carbons (Fsp3) is 0.667. The minimum Gasteiger partial charge on any atom is -0.467 e. The van der Waals surface area contributed by atoms with Crippen molar-refractivity contribution in [1.82, 2.24) is 14.9 Å². The van der Waals surface area contributed by atoms with Gasteiger partial charge in [0.05, 0.1) is 13.3 Å². The number of nitrogens with one attached hydrogen (secondary N) is 1. The van der Waals surface area contributed by atoms with Crippen LogP contribution in [-0.4, -0.2) is 48.2 Å². The van der Waals surface area contributed by atoms with Gasteiger partial charge < -0.3 is 15.0 Å². The van der Waals surface area contributed by atoms with Crippen molar-refractivity contribution < 1.29 is 4.74 Å². The zero-order valence-electron chi connectivity index (χ0n) is 11.2. The van der Waals surface area contributed by atoms with Gasteiger partial charge in [0, 0.05) is 13.1 Å². The van der Waals surface area contributed by atoms with Crippen LogP contribution in [0.5, 0.6) is 6.01 Å². The predicted molar refractivity (Wildman–Crippen MR) is 74.5 cm³/mol. The molecule has 1 heterocycles. The van der Waals surface area contributed by atoms with Crippen molar-refractivity contribution in [2.75, 3.05) is 38.6 Å². The van der Waals surface area contributed by atoms with Gasteiger partial charge in [-0.05, 0) is 19.5 Å². The van der Waals surface area contributed by atoms with Crippen LogP contribution < -0.4 is 10.1 Å². The third-order valence-corrected chi connectivity index (χ3v) is 2.89. The van der Waals surface area contributed by atoms with Gasteiger partial charge in [-0.15, -0.1) is 0 Å². The van der Waals surface area contributed by atoms with Crippen LogP contribution in [0.2, 0.25) is 5.02 Å². The van der Waals surface area contributed by atoms with Gasteiger partial charge in [0.25, 0.3) is 0 Å². The van der Waals surface area contributed by atoms with Crippen molar-refractivity contribution in [3.63, 3.8) is 0 Å². The van der Waals surface area contributed by atoms with Crippen molar-refractivity contribution in [2.45, 2.75) is 20.3 Å². The van der Waals surface area contributed by atoms with E-state index in [4.69, 9.17) is 16.3 Å². The molecule has 0 saturated carbocycles. The molecule has 0 fully saturated rings. The Labute approximate surface area is 114 Å². The smallest absolute Gasteiger partial charge is 0.318 e. The van der Waals surface area contributed by atoms with Gasteiger partial charge in [-0.2, -0.15) is 4.98 Å². The molecule has 0 bridgehead atoms. The Morgan fingerprint density at radius 1 is 1.39 bits per heavy atom. The van der Waals surface area contributed by atoms with Gasteiger partial charge in [-0.3, -0.25) is 0 Å². The summed E-state index contributed by atoms with van der Waals surface area (Å²) >= 11 is 6.01. The molecule has 5 nitrogen and oxygen atoms in total. The third kappa shape index (κ3) is 4.66. The maximum atomic E-state index is 6.01. The lowest BCUT2D eigenvalue weighted by Gasteiger charge is -2.19. The lowest BCUT2D eigenvalue weighted by atomic mass is 10.4. The Morgan fingerprint density at radius 3 is 2.78 bits per heavy atom. The van der Waals surface area contributed by atoms with E-state index in [9.17, 15) is 0 Å². The number of rotatable bonds is 8. The number of anilines is 1. The molecular weight excluding hydrogens is 252 g/mol. The molecule has 0 aliphatic rings. The van der Waals surface area contributed by atoms with E-state index in [1.807, 2.05) is 0 Å². The molecule has 1 N–H and O–H groups in total. The first-order chi connectivity index (χ1) is 8.71. The van der Waals surface area contributed by atoms with E-state index in [0.29, 0.717) is 16.9 Å². The number of ether oxygens (including phenoxy) is 1. The standard InChI is InChI=1S/C12H21ClN4O/c1-4-7-17(5-2)8-6-14-11-10(13)9-15-12(16-11)18-3/h9H,4-8H2,1-3H3,(H,14,15,16). The normalized spacial score (nSPS) is 10.7. The third-order valence-electron chi connectivity index (χ3n) is 2.61. The molecule has 0 saturated heterocycles. The Hall–Kier alpha value is -1.07. The van der Waals surface area contributed by atoms with Crippen LogP contribution >= 0.6 is 11.6 Å². The average Bonchev–Trinajstić information content (AvgIpc) is 2.39. The number of hydrogen-bond donors (Lipinski definition) is 1. The van der Waals surface area contributed by atoms with Crippen molar-refractivity contribution in [3.8, 4) is 6.01 Å². The minimum atomic E-state index is 0.322. The fourth-order valence-electron chi connectivity index (χ4n) is 1.65. The quantitative estimate of drug-likeness (QED) is 0.787. The first-order valence-electron chi connectivity index (χ1n) is 6.24. The zero-order chi connectivity index (χ0) is 13.4. The Bertz CT molecular complexity index is 362. The molecule has 102 valence electrons. The highest BCUT2D eigenvalue weighted by Crippen LogP contribution is 2.19. The summed E-state index contributed by atoms with van der Waals surface area (Å²) in [6.45, 7) is 8.27. The first kappa shape index (κ1) is 15.0. The van der Waals surface area contributed by atoms with Gasteiger partial charge >= 0.3 is 6.01 Å². The molecule has 1 aromatic rings. The van der Waals surface area contributed by atoms with Crippen molar-refractivity contribution in [2.24, 2.45) is 0 Å². The molecule has 18 heavy (non-hydrogen) atoms. The van der Waals surface area contributed by atoms with Crippen molar-refractivity contribution >= 4 is 17.4 Å². The van der Waals surface area contributed by atoms with Crippen LogP contribution in [-0.2, 0) is 0 Å². The Morgan fingerprint density at radius 2 is 2.17 bits per heavy atom. The van der Waals surface area contributed by atoms with Crippen LogP contribution in [0.25, 0.3) is 0 Å². The second-order valence-electron chi connectivity index (χ2n) is 3.91. The zero-order valence-corrected chi connectivity index (χ0v) is 12.0. The molecular formula is C12H21ClN4O. The highest BCUT2D eigenvalue weighted by atomic mass is 35.5. The number of hydrogen-bond acceptors (Lipinski definition) is 5. The summed E-state index contributed by atoms with van der Waals surface area (Å²) in [7, 11) is 1.53. The second-order valence-corrected chi connectivity index (χ2v) is 4.32. The summed E-state index contributed by atoms with van der Waals surface area (Å²) in [5.74, 6) is 0.621. The van der Waals surface area contributed by atoms with Gasteiger partial charge in [0.15, 0.2) is 5.82 Å². The predicted octanol–water partition coefficient (Wildman–Crippen LogP) is 2.28. The molecule has 1 aromatic heterocycles. The van der Waals surface area contributed by atoms with E-state index in [1.165, 1.54) is 7.11 Å².